The smallest absolute Gasteiger partial charge is 0.264 e. The highest BCUT2D eigenvalue weighted by Crippen LogP contribution is 2.31. The van der Waals surface area contributed by atoms with Crippen molar-refractivity contribution in [3.63, 3.8) is 0 Å². The first-order chi connectivity index (χ1) is 16.9. The number of hydrogen-bond donors (Lipinski definition) is 0. The van der Waals surface area contributed by atoms with Crippen LogP contribution in [0.2, 0.25) is 0 Å². The Bertz CT molecular complexity index is 1240. The molecule has 0 saturated carbocycles. The fraction of sp³-hybridized carbons (Fsp3) is 0.308. The normalized spacial score (nSPS) is 15.5. The fourth-order valence-corrected chi connectivity index (χ4v) is 5.30. The van der Waals surface area contributed by atoms with Crippen LogP contribution in [0.1, 0.15) is 28.8 Å². The second-order valence-electron chi connectivity index (χ2n) is 8.35. The average Bonchev–Trinajstić information content (AvgIpc) is 3.41. The molecule has 2 heterocycles. The zero-order valence-corrected chi connectivity index (χ0v) is 20.6. The molecule has 1 aromatic heterocycles. The number of sulfonamides is 1. The van der Waals surface area contributed by atoms with Crippen LogP contribution in [-0.2, 0) is 21.3 Å². The largest absolute Gasteiger partial charge is 0.495 e. The van der Waals surface area contributed by atoms with Gasteiger partial charge < -0.3 is 14.4 Å². The maximum Gasteiger partial charge on any atom is 0.264 e. The number of amides is 1. The third-order valence-electron chi connectivity index (χ3n) is 6.02. The van der Waals surface area contributed by atoms with E-state index >= 15 is 0 Å². The van der Waals surface area contributed by atoms with Gasteiger partial charge in [-0.1, -0.05) is 18.2 Å². The lowest BCUT2D eigenvalue weighted by molar-refractivity contribution is 0.0507. The number of benzene rings is 2. The van der Waals surface area contributed by atoms with E-state index in [0.717, 1.165) is 18.4 Å². The number of carbonyl (C=O) groups excluding carboxylic acids is 1. The summed E-state index contributed by atoms with van der Waals surface area (Å²) in [5.41, 5.74) is 1.75. The molecule has 35 heavy (non-hydrogen) atoms. The number of pyridine rings is 1. The van der Waals surface area contributed by atoms with Gasteiger partial charge in [-0.15, -0.1) is 0 Å². The number of methoxy groups -OCH3 is 1. The molecule has 1 aliphatic heterocycles. The van der Waals surface area contributed by atoms with E-state index in [0.29, 0.717) is 36.7 Å². The zero-order valence-electron chi connectivity index (χ0n) is 19.8. The van der Waals surface area contributed by atoms with Gasteiger partial charge in [0, 0.05) is 44.7 Å². The van der Waals surface area contributed by atoms with Gasteiger partial charge in [-0.05, 0) is 60.9 Å². The summed E-state index contributed by atoms with van der Waals surface area (Å²) in [7, 11) is -0.885. The maximum atomic E-state index is 13.4. The first-order valence-corrected chi connectivity index (χ1v) is 12.9. The molecule has 0 radical (unpaired) electrons. The van der Waals surface area contributed by atoms with Crippen LogP contribution in [0.5, 0.6) is 5.75 Å². The molecule has 1 aliphatic rings. The summed E-state index contributed by atoms with van der Waals surface area (Å²) in [5.74, 6) is 0.261. The Morgan fingerprint density at radius 2 is 1.89 bits per heavy atom. The van der Waals surface area contributed by atoms with E-state index in [4.69, 9.17) is 9.47 Å². The Labute approximate surface area is 206 Å². The topological polar surface area (TPSA) is 89.0 Å². The van der Waals surface area contributed by atoms with Crippen LogP contribution >= 0.6 is 0 Å². The number of carbonyl (C=O) groups is 1. The van der Waals surface area contributed by atoms with Crippen LogP contribution in [-0.4, -0.2) is 57.6 Å². The van der Waals surface area contributed by atoms with E-state index in [-0.39, 0.29) is 16.9 Å². The highest BCUT2D eigenvalue weighted by atomic mass is 32.2. The van der Waals surface area contributed by atoms with Crippen LogP contribution in [0, 0.1) is 0 Å². The highest BCUT2D eigenvalue weighted by Gasteiger charge is 2.26. The first kappa shape index (κ1) is 24.7. The first-order valence-electron chi connectivity index (χ1n) is 11.4. The number of aromatic nitrogens is 1. The van der Waals surface area contributed by atoms with Gasteiger partial charge in [0.05, 0.1) is 23.8 Å². The van der Waals surface area contributed by atoms with E-state index in [2.05, 4.69) is 4.98 Å². The summed E-state index contributed by atoms with van der Waals surface area (Å²) < 4.78 is 38.7. The second-order valence-corrected chi connectivity index (χ2v) is 10.3. The average molecular weight is 496 g/mol. The molecule has 0 aliphatic carbocycles. The van der Waals surface area contributed by atoms with Crippen molar-refractivity contribution in [2.45, 2.75) is 30.4 Å². The molecular formula is C26H29N3O5S. The molecule has 0 N–H and O–H groups in total. The molecule has 1 unspecified atom stereocenters. The summed E-state index contributed by atoms with van der Waals surface area (Å²) in [6.45, 7) is 1.55. The van der Waals surface area contributed by atoms with Crippen molar-refractivity contribution < 1.29 is 22.7 Å². The van der Waals surface area contributed by atoms with Gasteiger partial charge >= 0.3 is 0 Å². The summed E-state index contributed by atoms with van der Waals surface area (Å²) in [4.78, 5) is 19.4. The quantitative estimate of drug-likeness (QED) is 0.449. The van der Waals surface area contributed by atoms with E-state index < -0.39 is 10.0 Å². The third kappa shape index (κ3) is 5.63. The van der Waals surface area contributed by atoms with Crippen molar-refractivity contribution in [3.05, 3.63) is 84.2 Å². The molecule has 1 saturated heterocycles. The number of nitrogens with zero attached hydrogens (tertiary/aromatic N) is 3. The molecular weight excluding hydrogens is 466 g/mol. The minimum atomic E-state index is -3.85. The molecule has 2 aromatic carbocycles. The SMILES string of the molecule is COc1ccccc1N(C)S(=O)(=O)c1ccc(C(=O)N(Cc2cccnc2)CC2CCCO2)cc1. The minimum Gasteiger partial charge on any atom is -0.495 e. The summed E-state index contributed by atoms with van der Waals surface area (Å²) in [6.07, 6.45) is 5.30. The van der Waals surface area contributed by atoms with E-state index in [9.17, 15) is 13.2 Å². The lowest BCUT2D eigenvalue weighted by Gasteiger charge is -2.26. The van der Waals surface area contributed by atoms with E-state index in [1.54, 1.807) is 53.7 Å². The van der Waals surface area contributed by atoms with Crippen molar-refractivity contribution in [2.24, 2.45) is 0 Å². The second kappa shape index (κ2) is 10.9. The predicted molar refractivity (Wildman–Crippen MR) is 133 cm³/mol. The minimum absolute atomic E-state index is 0.00947. The maximum absolute atomic E-state index is 13.4. The number of para-hydroxylation sites is 2. The predicted octanol–water partition coefficient (Wildman–Crippen LogP) is 3.74. The molecule has 1 fully saturated rings. The van der Waals surface area contributed by atoms with E-state index in [1.165, 1.54) is 30.6 Å². The standard InChI is InChI=1S/C26H29N3O5S/c1-28(24-9-3-4-10-25(24)33-2)35(31,32)23-13-11-21(12-14-23)26(30)29(19-22-8-6-16-34-22)18-20-7-5-15-27-17-20/h3-5,7,9-15,17,22H,6,8,16,18-19H2,1-2H3. The Kier molecular flexibility index (Phi) is 7.67. The molecule has 8 nitrogen and oxygen atoms in total. The lowest BCUT2D eigenvalue weighted by atomic mass is 10.1. The van der Waals surface area contributed by atoms with Gasteiger partial charge in [-0.2, -0.15) is 0 Å². The number of anilines is 1. The number of rotatable bonds is 9. The van der Waals surface area contributed by atoms with Crippen LogP contribution in [0.4, 0.5) is 5.69 Å². The van der Waals surface area contributed by atoms with Gasteiger partial charge in [0.15, 0.2) is 0 Å². The van der Waals surface area contributed by atoms with Gasteiger partial charge in [-0.25, -0.2) is 8.42 Å². The van der Waals surface area contributed by atoms with Crippen LogP contribution in [0.25, 0.3) is 0 Å². The summed E-state index contributed by atoms with van der Waals surface area (Å²) >= 11 is 0. The molecule has 9 heteroatoms. The van der Waals surface area contributed by atoms with Gasteiger partial charge in [0.1, 0.15) is 5.75 Å². The highest BCUT2D eigenvalue weighted by molar-refractivity contribution is 7.92. The Morgan fingerprint density at radius 1 is 1.11 bits per heavy atom. The van der Waals surface area contributed by atoms with Crippen molar-refractivity contribution >= 4 is 21.6 Å². The van der Waals surface area contributed by atoms with Crippen molar-refractivity contribution in [1.82, 2.24) is 9.88 Å². The third-order valence-corrected chi connectivity index (χ3v) is 7.80. The van der Waals surface area contributed by atoms with Crippen molar-refractivity contribution in [2.75, 3.05) is 31.6 Å². The van der Waals surface area contributed by atoms with Crippen LogP contribution in [0.15, 0.2) is 78.0 Å². The molecule has 1 amide bonds. The number of ether oxygens (including phenoxy) is 2. The van der Waals surface area contributed by atoms with Crippen molar-refractivity contribution in [3.8, 4) is 5.75 Å². The summed E-state index contributed by atoms with van der Waals surface area (Å²) in [5, 5.41) is 0. The molecule has 4 rings (SSSR count). The molecule has 1 atom stereocenters. The van der Waals surface area contributed by atoms with Crippen molar-refractivity contribution in [1.29, 1.82) is 0 Å². The van der Waals surface area contributed by atoms with Crippen LogP contribution < -0.4 is 9.04 Å². The molecule has 3 aromatic rings. The number of hydrogen-bond acceptors (Lipinski definition) is 6. The Balaban J connectivity index is 1.56. The zero-order chi connectivity index (χ0) is 24.8. The van der Waals surface area contributed by atoms with Gasteiger partial charge in [0.25, 0.3) is 15.9 Å². The van der Waals surface area contributed by atoms with Crippen LogP contribution in [0.3, 0.4) is 0 Å². The molecule has 0 spiro atoms. The Hall–Kier alpha value is -3.43. The van der Waals surface area contributed by atoms with Gasteiger partial charge in [-0.3, -0.25) is 14.1 Å². The lowest BCUT2D eigenvalue weighted by Crippen LogP contribution is -2.37. The summed E-state index contributed by atoms with van der Waals surface area (Å²) in [6, 6.07) is 16.7. The molecule has 0 bridgehead atoms. The van der Waals surface area contributed by atoms with E-state index in [1.807, 2.05) is 12.1 Å². The Morgan fingerprint density at radius 3 is 2.54 bits per heavy atom. The monoisotopic (exact) mass is 495 g/mol. The molecule has 184 valence electrons. The van der Waals surface area contributed by atoms with Gasteiger partial charge in [0.2, 0.25) is 0 Å². The fourth-order valence-electron chi connectivity index (χ4n) is 4.10.